The van der Waals surface area contributed by atoms with Crippen molar-refractivity contribution in [2.75, 3.05) is 19.7 Å². The summed E-state index contributed by atoms with van der Waals surface area (Å²) in [6.45, 7) is 3.77. The summed E-state index contributed by atoms with van der Waals surface area (Å²) in [5.74, 6) is 0.619. The molecule has 0 N–H and O–H groups in total. The first kappa shape index (κ1) is 17.3. The molecular formula is C22H20N4O4. The first-order valence-corrected chi connectivity index (χ1v) is 10.1. The van der Waals surface area contributed by atoms with Crippen LogP contribution >= 0.6 is 0 Å². The molecule has 3 aliphatic heterocycles. The van der Waals surface area contributed by atoms with Crippen LogP contribution < -0.4 is 4.74 Å². The molecule has 1 fully saturated rings. The number of ether oxygens (including phenoxy) is 1. The molecule has 5 heterocycles. The zero-order chi connectivity index (χ0) is 20.5. The average Bonchev–Trinajstić information content (AvgIpc) is 3.52. The quantitative estimate of drug-likeness (QED) is 0.654. The topological polar surface area (TPSA) is 80.8 Å². The lowest BCUT2D eigenvalue weighted by atomic mass is 9.91. The number of nitrogens with zero attached hydrogens (tertiary/aromatic N) is 4. The van der Waals surface area contributed by atoms with Crippen molar-refractivity contribution < 1.29 is 18.8 Å². The third-order valence-electron chi connectivity index (χ3n) is 6.50. The summed E-state index contributed by atoms with van der Waals surface area (Å²) in [7, 11) is 0. The second-order valence-corrected chi connectivity index (χ2v) is 7.99. The molecule has 152 valence electrons. The lowest BCUT2D eigenvalue weighted by Crippen LogP contribution is -2.60. The summed E-state index contributed by atoms with van der Waals surface area (Å²) in [5.41, 5.74) is 2.71. The predicted octanol–water partition coefficient (Wildman–Crippen LogP) is 2.18. The Morgan fingerprint density at radius 3 is 2.97 bits per heavy atom. The molecule has 2 amide bonds. The van der Waals surface area contributed by atoms with Crippen molar-refractivity contribution in [1.82, 2.24) is 19.5 Å². The average molecular weight is 404 g/mol. The van der Waals surface area contributed by atoms with E-state index in [9.17, 15) is 9.59 Å². The summed E-state index contributed by atoms with van der Waals surface area (Å²) in [5, 5.41) is 3.87. The van der Waals surface area contributed by atoms with Gasteiger partial charge in [0.15, 0.2) is 5.66 Å². The minimum Gasteiger partial charge on any atom is -0.493 e. The Morgan fingerprint density at radius 2 is 2.13 bits per heavy atom. The van der Waals surface area contributed by atoms with E-state index in [-0.39, 0.29) is 11.8 Å². The van der Waals surface area contributed by atoms with Gasteiger partial charge in [-0.15, -0.1) is 0 Å². The van der Waals surface area contributed by atoms with Crippen LogP contribution in [0.1, 0.15) is 37.7 Å². The SMILES string of the molecule is Cc1nocc1C(=O)N1CCN2C(=O)c3cccn3CC12c1ccc2c(c1)CCO2. The van der Waals surface area contributed by atoms with Gasteiger partial charge in [-0.05, 0) is 36.8 Å². The largest absolute Gasteiger partial charge is 0.493 e. The highest BCUT2D eigenvalue weighted by molar-refractivity contribution is 5.98. The van der Waals surface area contributed by atoms with Crippen LogP contribution in [0.2, 0.25) is 0 Å². The zero-order valence-electron chi connectivity index (χ0n) is 16.5. The first-order chi connectivity index (χ1) is 14.6. The molecule has 0 bridgehead atoms. The van der Waals surface area contributed by atoms with E-state index in [4.69, 9.17) is 9.26 Å². The number of carbonyl (C=O) groups is 2. The van der Waals surface area contributed by atoms with Crippen molar-refractivity contribution >= 4 is 11.8 Å². The molecule has 0 saturated carbocycles. The monoisotopic (exact) mass is 404 g/mol. The molecular weight excluding hydrogens is 384 g/mol. The van der Waals surface area contributed by atoms with E-state index < -0.39 is 5.66 Å². The van der Waals surface area contributed by atoms with Crippen molar-refractivity contribution in [3.05, 3.63) is 70.9 Å². The van der Waals surface area contributed by atoms with Crippen molar-refractivity contribution in [3.8, 4) is 5.75 Å². The predicted molar refractivity (Wildman–Crippen MR) is 105 cm³/mol. The third kappa shape index (κ3) is 2.13. The van der Waals surface area contributed by atoms with Gasteiger partial charge in [-0.2, -0.15) is 0 Å². The van der Waals surface area contributed by atoms with Gasteiger partial charge in [-0.1, -0.05) is 11.2 Å². The van der Waals surface area contributed by atoms with Gasteiger partial charge >= 0.3 is 0 Å². The molecule has 0 spiro atoms. The van der Waals surface area contributed by atoms with E-state index in [1.165, 1.54) is 6.26 Å². The summed E-state index contributed by atoms with van der Waals surface area (Å²) in [6, 6.07) is 9.72. The molecule has 1 unspecified atom stereocenters. The van der Waals surface area contributed by atoms with Crippen molar-refractivity contribution in [2.45, 2.75) is 25.6 Å². The van der Waals surface area contributed by atoms with E-state index in [0.717, 1.165) is 23.3 Å². The van der Waals surface area contributed by atoms with Gasteiger partial charge in [0, 0.05) is 31.3 Å². The second kappa shape index (κ2) is 5.98. The van der Waals surface area contributed by atoms with E-state index in [1.807, 2.05) is 39.9 Å². The number of carbonyl (C=O) groups excluding carboxylic acids is 2. The van der Waals surface area contributed by atoms with Crippen molar-refractivity contribution in [3.63, 3.8) is 0 Å². The van der Waals surface area contributed by atoms with Crippen molar-refractivity contribution in [1.29, 1.82) is 0 Å². The minimum atomic E-state index is -0.915. The maximum absolute atomic E-state index is 13.6. The number of aryl methyl sites for hydroxylation is 1. The van der Waals surface area contributed by atoms with E-state index in [1.54, 1.807) is 11.8 Å². The third-order valence-corrected chi connectivity index (χ3v) is 6.50. The summed E-state index contributed by atoms with van der Waals surface area (Å²) in [6.07, 6.45) is 4.10. The Morgan fingerprint density at radius 1 is 1.23 bits per heavy atom. The van der Waals surface area contributed by atoms with Gasteiger partial charge in [0.1, 0.15) is 23.3 Å². The smallest absolute Gasteiger partial charge is 0.272 e. The molecule has 8 heteroatoms. The van der Waals surface area contributed by atoms with Gasteiger partial charge < -0.3 is 23.6 Å². The normalized spacial score (nSPS) is 22.0. The Kier molecular flexibility index (Phi) is 3.45. The Bertz CT molecular complexity index is 1200. The molecule has 0 aliphatic carbocycles. The highest BCUT2D eigenvalue weighted by Crippen LogP contribution is 2.45. The number of benzene rings is 1. The molecule has 1 aromatic carbocycles. The fourth-order valence-electron chi connectivity index (χ4n) is 5.03. The van der Waals surface area contributed by atoms with E-state index in [0.29, 0.717) is 43.2 Å². The van der Waals surface area contributed by atoms with Gasteiger partial charge in [0.25, 0.3) is 11.8 Å². The fraction of sp³-hybridized carbons (Fsp3) is 0.318. The van der Waals surface area contributed by atoms with Crippen molar-refractivity contribution in [2.24, 2.45) is 0 Å². The maximum atomic E-state index is 13.6. The van der Waals surface area contributed by atoms with Gasteiger partial charge in [-0.25, -0.2) is 0 Å². The highest BCUT2D eigenvalue weighted by atomic mass is 16.5. The van der Waals surface area contributed by atoms with Crippen LogP contribution in [0.5, 0.6) is 5.75 Å². The molecule has 3 aromatic rings. The zero-order valence-corrected chi connectivity index (χ0v) is 16.5. The molecule has 6 rings (SSSR count). The van der Waals surface area contributed by atoms with Gasteiger partial charge in [0.05, 0.1) is 18.8 Å². The Balaban J connectivity index is 1.55. The number of hydrogen-bond donors (Lipinski definition) is 0. The van der Waals surface area contributed by atoms with Crippen LogP contribution in [0.3, 0.4) is 0 Å². The Hall–Kier alpha value is -3.55. The lowest BCUT2D eigenvalue weighted by molar-refractivity contribution is -0.00600. The molecule has 3 aliphatic rings. The van der Waals surface area contributed by atoms with Gasteiger partial charge in [-0.3, -0.25) is 9.59 Å². The molecule has 2 aromatic heterocycles. The Labute approximate surface area is 172 Å². The summed E-state index contributed by atoms with van der Waals surface area (Å²) >= 11 is 0. The van der Waals surface area contributed by atoms with Crippen LogP contribution in [-0.4, -0.2) is 51.0 Å². The number of aromatic nitrogens is 2. The molecule has 1 atom stereocenters. The summed E-state index contributed by atoms with van der Waals surface area (Å²) < 4.78 is 12.6. The van der Waals surface area contributed by atoms with Crippen LogP contribution in [0, 0.1) is 6.92 Å². The van der Waals surface area contributed by atoms with E-state index >= 15 is 0 Å². The number of amides is 2. The number of rotatable bonds is 2. The lowest BCUT2D eigenvalue weighted by Gasteiger charge is -2.47. The minimum absolute atomic E-state index is 0.0691. The standard InChI is InChI=1S/C22H20N4O4/c1-14-17(12-30-23-14)20(27)25-8-9-26-21(28)18-3-2-7-24(18)13-22(25,26)16-4-5-19-15(11-16)6-10-29-19/h2-5,7,11-12H,6,8-10,13H2,1H3. The van der Waals surface area contributed by atoms with Gasteiger partial charge in [0.2, 0.25) is 0 Å². The number of hydrogen-bond acceptors (Lipinski definition) is 5. The molecule has 30 heavy (non-hydrogen) atoms. The highest BCUT2D eigenvalue weighted by Gasteiger charge is 2.56. The first-order valence-electron chi connectivity index (χ1n) is 10.1. The molecule has 0 radical (unpaired) electrons. The summed E-state index contributed by atoms with van der Waals surface area (Å²) in [4.78, 5) is 30.6. The van der Waals surface area contributed by atoms with Crippen LogP contribution in [0.15, 0.2) is 47.3 Å². The van der Waals surface area contributed by atoms with Crippen LogP contribution in [-0.2, 0) is 18.6 Å². The molecule has 1 saturated heterocycles. The van der Waals surface area contributed by atoms with E-state index in [2.05, 4.69) is 11.2 Å². The second-order valence-electron chi connectivity index (χ2n) is 7.99. The van der Waals surface area contributed by atoms with Crippen LogP contribution in [0.25, 0.3) is 0 Å². The van der Waals surface area contributed by atoms with Crippen LogP contribution in [0.4, 0.5) is 0 Å². The number of fused-ring (bicyclic) bond motifs is 3. The fourth-order valence-corrected chi connectivity index (χ4v) is 5.03. The molecule has 8 nitrogen and oxygen atoms in total. The maximum Gasteiger partial charge on any atom is 0.272 e.